The summed E-state index contributed by atoms with van der Waals surface area (Å²) in [7, 11) is 0. The summed E-state index contributed by atoms with van der Waals surface area (Å²) in [5.74, 6) is -3.11. The Hall–Kier alpha value is -3.91. The molecule has 0 aliphatic carbocycles. The fourth-order valence-electron chi connectivity index (χ4n) is 3.38. The van der Waals surface area contributed by atoms with Crippen LogP contribution in [-0.4, -0.2) is 11.1 Å². The predicted octanol–water partition coefficient (Wildman–Crippen LogP) is 2.71. The fourth-order valence-corrected chi connectivity index (χ4v) is 3.38. The van der Waals surface area contributed by atoms with Gasteiger partial charge in [-0.2, -0.15) is 0 Å². The molecule has 4 rings (SSSR count). The van der Waals surface area contributed by atoms with E-state index in [1.165, 1.54) is 18.2 Å². The summed E-state index contributed by atoms with van der Waals surface area (Å²) in [6, 6.07) is 15.5. The number of nitrogens with two attached hydrogens (primary N) is 1. The van der Waals surface area contributed by atoms with Gasteiger partial charge in [0, 0.05) is 6.07 Å². The van der Waals surface area contributed by atoms with Crippen LogP contribution in [-0.2, 0) is 22.7 Å². The molecule has 1 atom stereocenters. The van der Waals surface area contributed by atoms with E-state index in [9.17, 15) is 19.1 Å². The lowest BCUT2D eigenvalue weighted by atomic mass is 9.86. The molecule has 0 saturated carbocycles. The van der Waals surface area contributed by atoms with Gasteiger partial charge in [0.2, 0.25) is 17.1 Å². The molecule has 31 heavy (non-hydrogen) atoms. The van der Waals surface area contributed by atoms with Gasteiger partial charge in [0.25, 0.3) is 0 Å². The largest absolute Gasteiger partial charge is 0.458 e. The van der Waals surface area contributed by atoms with Crippen LogP contribution >= 0.6 is 0 Å². The Kier molecular flexibility index (Phi) is 5.55. The van der Waals surface area contributed by atoms with Gasteiger partial charge in [-0.3, -0.25) is 4.79 Å². The third-order valence-corrected chi connectivity index (χ3v) is 4.78. The maximum Gasteiger partial charge on any atom is 0.340 e. The van der Waals surface area contributed by atoms with Crippen LogP contribution in [0.4, 0.5) is 4.39 Å². The van der Waals surface area contributed by atoms with Crippen molar-refractivity contribution < 1.29 is 28.2 Å². The second-order valence-corrected chi connectivity index (χ2v) is 6.86. The normalized spacial score (nSPS) is 15.2. The number of benzene rings is 2. The summed E-state index contributed by atoms with van der Waals surface area (Å²) in [6.07, 6.45) is 0. The van der Waals surface area contributed by atoms with Crippen molar-refractivity contribution in [2.24, 2.45) is 5.73 Å². The lowest BCUT2D eigenvalue weighted by Gasteiger charge is -2.27. The number of aliphatic hydroxyl groups is 1. The molecule has 158 valence electrons. The average Bonchev–Trinajstić information content (AvgIpc) is 2.77. The second kappa shape index (κ2) is 8.45. The summed E-state index contributed by atoms with van der Waals surface area (Å²) >= 11 is 0. The molecule has 2 aromatic carbocycles. The summed E-state index contributed by atoms with van der Waals surface area (Å²) in [5, 5.41) is 9.44. The molecular formula is C23H18FNO6. The van der Waals surface area contributed by atoms with Crippen molar-refractivity contribution in [2.75, 3.05) is 0 Å². The van der Waals surface area contributed by atoms with Crippen LogP contribution in [0.1, 0.15) is 28.6 Å². The number of aliphatic hydroxyl groups excluding tert-OH is 1. The van der Waals surface area contributed by atoms with E-state index in [-0.39, 0.29) is 35.3 Å². The molecule has 3 N–H and O–H groups in total. The zero-order valence-electron chi connectivity index (χ0n) is 16.2. The minimum absolute atomic E-state index is 0.0280. The van der Waals surface area contributed by atoms with Crippen LogP contribution in [0.3, 0.4) is 0 Å². The topological polar surface area (TPSA) is 112 Å². The third kappa shape index (κ3) is 4.06. The number of halogens is 1. The number of ether oxygens (including phenoxy) is 2. The molecule has 0 saturated heterocycles. The molecule has 3 aromatic rings. The van der Waals surface area contributed by atoms with Crippen molar-refractivity contribution in [1.29, 1.82) is 0 Å². The molecule has 1 aliphatic rings. The van der Waals surface area contributed by atoms with E-state index in [0.717, 1.165) is 11.6 Å². The predicted molar refractivity (Wildman–Crippen MR) is 107 cm³/mol. The highest BCUT2D eigenvalue weighted by molar-refractivity contribution is 5.92. The Morgan fingerprint density at radius 1 is 1.13 bits per heavy atom. The molecular weight excluding hydrogens is 405 g/mol. The molecule has 0 unspecified atom stereocenters. The van der Waals surface area contributed by atoms with Crippen molar-refractivity contribution >= 4 is 5.97 Å². The number of fused-ring (bicyclic) bond motifs is 1. The molecule has 0 spiro atoms. The van der Waals surface area contributed by atoms with Crippen LogP contribution in [0.25, 0.3) is 0 Å². The Morgan fingerprint density at radius 2 is 1.90 bits per heavy atom. The SMILES string of the molecule is NC1=C(C(=O)OCc2ccccc2)[C@@H](c2cccc(F)c2)c2oc(CO)cc(=O)c2O1. The molecule has 8 heteroatoms. The van der Waals surface area contributed by atoms with Gasteiger partial charge in [0.05, 0.1) is 5.92 Å². The first-order valence-corrected chi connectivity index (χ1v) is 9.39. The van der Waals surface area contributed by atoms with Crippen molar-refractivity contribution in [3.63, 3.8) is 0 Å². The summed E-state index contributed by atoms with van der Waals surface area (Å²) < 4.78 is 30.4. The Bertz CT molecular complexity index is 1220. The second-order valence-electron chi connectivity index (χ2n) is 6.86. The molecule has 0 bridgehead atoms. The molecule has 0 amide bonds. The number of hydrogen-bond donors (Lipinski definition) is 2. The van der Waals surface area contributed by atoms with E-state index in [2.05, 4.69) is 0 Å². The van der Waals surface area contributed by atoms with Gasteiger partial charge in [0.1, 0.15) is 30.4 Å². The number of carbonyl (C=O) groups is 1. The quantitative estimate of drug-likeness (QED) is 0.607. The summed E-state index contributed by atoms with van der Waals surface area (Å²) in [4.78, 5) is 25.5. The van der Waals surface area contributed by atoms with Crippen molar-refractivity contribution in [3.05, 3.63) is 111 Å². The minimum atomic E-state index is -1.07. The van der Waals surface area contributed by atoms with E-state index >= 15 is 0 Å². The van der Waals surface area contributed by atoms with Gasteiger partial charge in [-0.25, -0.2) is 9.18 Å². The Morgan fingerprint density at radius 3 is 2.61 bits per heavy atom. The molecule has 2 heterocycles. The molecule has 0 fully saturated rings. The van der Waals surface area contributed by atoms with Gasteiger partial charge in [-0.15, -0.1) is 0 Å². The number of hydrogen-bond acceptors (Lipinski definition) is 7. The van der Waals surface area contributed by atoms with Gasteiger partial charge in [0.15, 0.2) is 5.76 Å². The Labute approximate surface area is 176 Å². The van der Waals surface area contributed by atoms with Crippen molar-refractivity contribution in [2.45, 2.75) is 19.1 Å². The summed E-state index contributed by atoms with van der Waals surface area (Å²) in [5.41, 5.74) is 6.33. The lowest BCUT2D eigenvalue weighted by molar-refractivity contribution is -0.140. The lowest BCUT2D eigenvalue weighted by Crippen LogP contribution is -2.30. The first kappa shape index (κ1) is 20.4. The average molecular weight is 423 g/mol. The van der Waals surface area contributed by atoms with E-state index < -0.39 is 29.7 Å². The van der Waals surface area contributed by atoms with Crippen LogP contribution in [0.15, 0.2) is 81.3 Å². The van der Waals surface area contributed by atoms with Gasteiger partial charge < -0.3 is 24.7 Å². The van der Waals surface area contributed by atoms with E-state index in [1.807, 2.05) is 6.07 Å². The molecule has 0 radical (unpaired) electrons. The van der Waals surface area contributed by atoms with Crippen molar-refractivity contribution in [3.8, 4) is 5.75 Å². The molecule has 7 nitrogen and oxygen atoms in total. The monoisotopic (exact) mass is 423 g/mol. The van der Waals surface area contributed by atoms with Gasteiger partial charge in [-0.05, 0) is 23.3 Å². The Balaban J connectivity index is 1.80. The fraction of sp³-hybridized carbons (Fsp3) is 0.130. The minimum Gasteiger partial charge on any atom is -0.458 e. The maximum absolute atomic E-state index is 14.0. The highest BCUT2D eigenvalue weighted by Gasteiger charge is 2.39. The van der Waals surface area contributed by atoms with Gasteiger partial charge >= 0.3 is 5.97 Å². The molecule has 1 aliphatic heterocycles. The number of esters is 1. The van der Waals surface area contributed by atoms with Crippen molar-refractivity contribution in [1.82, 2.24) is 0 Å². The zero-order chi connectivity index (χ0) is 22.0. The highest BCUT2D eigenvalue weighted by Crippen LogP contribution is 2.41. The smallest absolute Gasteiger partial charge is 0.340 e. The molecule has 1 aromatic heterocycles. The van der Waals surface area contributed by atoms with E-state index in [0.29, 0.717) is 5.56 Å². The van der Waals surface area contributed by atoms with Crippen LogP contribution in [0, 0.1) is 5.82 Å². The van der Waals surface area contributed by atoms with Crippen LogP contribution in [0.5, 0.6) is 5.75 Å². The number of carbonyl (C=O) groups excluding carboxylic acids is 1. The van der Waals surface area contributed by atoms with Crippen LogP contribution in [0.2, 0.25) is 0 Å². The van der Waals surface area contributed by atoms with E-state index in [1.54, 1.807) is 30.3 Å². The first-order chi connectivity index (χ1) is 15.0. The summed E-state index contributed by atoms with van der Waals surface area (Å²) in [6.45, 7) is -0.578. The zero-order valence-corrected chi connectivity index (χ0v) is 16.2. The van der Waals surface area contributed by atoms with E-state index in [4.69, 9.17) is 19.6 Å². The third-order valence-electron chi connectivity index (χ3n) is 4.78. The van der Waals surface area contributed by atoms with Crippen LogP contribution < -0.4 is 15.9 Å². The standard InChI is InChI=1S/C23H18FNO6/c24-15-8-4-7-14(9-15)18-19(23(28)29-12-13-5-2-1-3-6-13)22(25)31-20-17(27)10-16(11-26)30-21(18)20/h1-10,18,26H,11-12,25H2/t18-/m1/s1. The number of rotatable bonds is 5. The highest BCUT2D eigenvalue weighted by atomic mass is 19.1. The van der Waals surface area contributed by atoms with Gasteiger partial charge in [-0.1, -0.05) is 42.5 Å². The maximum atomic E-state index is 14.0. The first-order valence-electron chi connectivity index (χ1n) is 9.39.